The zero-order valence-corrected chi connectivity index (χ0v) is 14.2. The van der Waals surface area contributed by atoms with Crippen molar-refractivity contribution >= 4 is 60.2 Å². The normalized spacial score (nSPS) is 13.5. The van der Waals surface area contributed by atoms with Crippen molar-refractivity contribution in [3.8, 4) is 5.75 Å². The third-order valence-electron chi connectivity index (χ3n) is 3.68. The van der Waals surface area contributed by atoms with Crippen LogP contribution in [-0.4, -0.2) is 20.2 Å². The number of para-hydroxylation sites is 1. The summed E-state index contributed by atoms with van der Waals surface area (Å²) in [6, 6.07) is 12.7. The molecule has 1 aliphatic heterocycles. The first-order chi connectivity index (χ1) is 10.6. The number of fused-ring (bicyclic) bond motifs is 2. The lowest BCUT2D eigenvalue weighted by molar-refractivity contribution is 0.106. The van der Waals surface area contributed by atoms with Crippen LogP contribution in [-0.2, 0) is 0 Å². The van der Waals surface area contributed by atoms with Crippen molar-refractivity contribution in [3.05, 3.63) is 58.2 Å². The van der Waals surface area contributed by atoms with Gasteiger partial charge in [0.2, 0.25) is 5.78 Å². The van der Waals surface area contributed by atoms with Crippen molar-refractivity contribution in [1.82, 2.24) is 3.59 Å². The zero-order valence-electron chi connectivity index (χ0n) is 11.0. The molecule has 3 aromatic rings. The molecule has 0 unspecified atom stereocenters. The largest absolute Gasteiger partial charge is 0.505 e. The fraction of sp³-hybridized carbons (Fsp3) is 0. The van der Waals surface area contributed by atoms with E-state index in [4.69, 9.17) is 0 Å². The summed E-state index contributed by atoms with van der Waals surface area (Å²) in [6.45, 7) is 0. The Bertz CT molecular complexity index is 989. The maximum atomic E-state index is 12.6. The van der Waals surface area contributed by atoms with Gasteiger partial charge >= 0.3 is 0 Å². The molecule has 22 heavy (non-hydrogen) atoms. The Morgan fingerprint density at radius 1 is 1.09 bits per heavy atom. The molecule has 1 aliphatic rings. The van der Waals surface area contributed by atoms with Crippen molar-refractivity contribution in [2.45, 2.75) is 0 Å². The van der Waals surface area contributed by atoms with Gasteiger partial charge in [0.25, 0.3) is 0 Å². The van der Waals surface area contributed by atoms with Gasteiger partial charge in [-0.05, 0) is 40.2 Å². The first-order valence-corrected chi connectivity index (χ1v) is 8.00. The number of carbonyl (C=O) groups excluding carboxylic acids is 1. The third kappa shape index (κ3) is 1.74. The number of rotatable bonds is 1. The number of nitrogens with zero attached hydrogens (tertiary/aromatic N) is 2. The summed E-state index contributed by atoms with van der Waals surface area (Å²) in [5.41, 5.74) is 2.53. The number of benzene rings is 2. The van der Waals surface area contributed by atoms with Crippen LogP contribution in [0.25, 0.3) is 10.9 Å². The average Bonchev–Trinajstić information content (AvgIpc) is 2.96. The predicted molar refractivity (Wildman–Crippen MR) is 92.6 cm³/mol. The van der Waals surface area contributed by atoms with E-state index in [1.807, 2.05) is 24.3 Å². The quantitative estimate of drug-likeness (QED) is 0.627. The Morgan fingerprint density at radius 3 is 2.59 bits per heavy atom. The molecule has 1 aromatic heterocycles. The summed E-state index contributed by atoms with van der Waals surface area (Å²) < 4.78 is 2.37. The lowest BCUT2D eigenvalue weighted by Gasteiger charge is -2.01. The standard InChI is InChI=1S/C16H8Br2N2O2/c17-9-5-3-7-11-12(9)16(22)14(20(11)18)13-15(21)8-4-1-2-6-10(8)19-13/h1-7,22H. The minimum Gasteiger partial charge on any atom is -0.505 e. The molecule has 0 saturated heterocycles. The zero-order chi connectivity index (χ0) is 15.4. The van der Waals surface area contributed by atoms with Gasteiger partial charge in [0.05, 0.1) is 32.7 Å². The predicted octanol–water partition coefficient (Wildman–Crippen LogP) is 4.58. The van der Waals surface area contributed by atoms with Crippen LogP contribution in [0.4, 0.5) is 5.69 Å². The van der Waals surface area contributed by atoms with Gasteiger partial charge < -0.3 is 5.11 Å². The molecular weight excluding hydrogens is 412 g/mol. The molecule has 0 fully saturated rings. The minimum atomic E-state index is -0.189. The highest BCUT2D eigenvalue weighted by Crippen LogP contribution is 2.41. The van der Waals surface area contributed by atoms with Gasteiger partial charge in [-0.15, -0.1) is 0 Å². The first-order valence-electron chi connectivity index (χ1n) is 6.50. The minimum absolute atomic E-state index is 0.0271. The number of hydrogen-bond donors (Lipinski definition) is 1. The van der Waals surface area contributed by atoms with E-state index in [0.717, 1.165) is 9.99 Å². The van der Waals surface area contributed by atoms with Gasteiger partial charge in [-0.25, -0.2) is 4.99 Å². The molecule has 1 N–H and O–H groups in total. The van der Waals surface area contributed by atoms with E-state index in [9.17, 15) is 9.90 Å². The monoisotopic (exact) mass is 418 g/mol. The molecule has 4 nitrogen and oxygen atoms in total. The van der Waals surface area contributed by atoms with Crippen molar-refractivity contribution in [1.29, 1.82) is 0 Å². The Morgan fingerprint density at radius 2 is 1.86 bits per heavy atom. The highest BCUT2D eigenvalue weighted by Gasteiger charge is 2.31. The lowest BCUT2D eigenvalue weighted by Crippen LogP contribution is -2.13. The molecule has 0 atom stereocenters. The van der Waals surface area contributed by atoms with Crippen LogP contribution in [0.15, 0.2) is 51.9 Å². The SMILES string of the molecule is O=C1C(c2c(O)c3c(Br)cccc3n2Br)=Nc2ccccc21. The van der Waals surface area contributed by atoms with Crippen LogP contribution in [0.2, 0.25) is 0 Å². The van der Waals surface area contributed by atoms with Gasteiger partial charge in [-0.3, -0.25) is 8.39 Å². The number of Topliss-reactive ketones (excluding diaryl/α,β-unsaturated/α-hetero) is 1. The number of aromatic hydroxyl groups is 1. The maximum absolute atomic E-state index is 12.6. The van der Waals surface area contributed by atoms with Crippen molar-refractivity contribution < 1.29 is 9.90 Å². The summed E-state index contributed by atoms with van der Waals surface area (Å²) >= 11 is 6.85. The summed E-state index contributed by atoms with van der Waals surface area (Å²) in [6.07, 6.45) is 0. The molecule has 2 heterocycles. The van der Waals surface area contributed by atoms with Crippen LogP contribution in [0, 0.1) is 0 Å². The second-order valence-corrected chi connectivity index (χ2v) is 6.48. The number of hydrogen-bond acceptors (Lipinski definition) is 3. The third-order valence-corrected chi connectivity index (χ3v) is 5.08. The van der Waals surface area contributed by atoms with E-state index in [1.165, 1.54) is 0 Å². The van der Waals surface area contributed by atoms with Gasteiger partial charge in [0.15, 0.2) is 5.75 Å². The van der Waals surface area contributed by atoms with Crippen LogP contribution in [0.5, 0.6) is 5.75 Å². The summed E-state index contributed by atoms with van der Waals surface area (Å²) in [4.78, 5) is 17.0. The van der Waals surface area contributed by atoms with Crippen molar-refractivity contribution in [2.75, 3.05) is 0 Å². The molecule has 0 amide bonds. The van der Waals surface area contributed by atoms with E-state index in [0.29, 0.717) is 22.3 Å². The smallest absolute Gasteiger partial charge is 0.215 e. The van der Waals surface area contributed by atoms with E-state index in [-0.39, 0.29) is 17.2 Å². The van der Waals surface area contributed by atoms with Crippen LogP contribution in [0.3, 0.4) is 0 Å². The van der Waals surface area contributed by atoms with Gasteiger partial charge in [-0.1, -0.05) is 18.2 Å². The molecule has 0 spiro atoms. The number of aliphatic imine (C=N–C) groups is 1. The Balaban J connectivity index is 2.02. The van der Waals surface area contributed by atoms with Crippen molar-refractivity contribution in [3.63, 3.8) is 0 Å². The van der Waals surface area contributed by atoms with E-state index in [2.05, 4.69) is 37.1 Å². The fourth-order valence-corrected chi connectivity index (χ4v) is 3.85. The molecular formula is C16H8Br2N2O2. The first kappa shape index (κ1) is 13.7. The molecule has 0 radical (unpaired) electrons. The van der Waals surface area contributed by atoms with Crippen LogP contribution < -0.4 is 0 Å². The molecule has 108 valence electrons. The highest BCUT2D eigenvalue weighted by atomic mass is 79.9. The van der Waals surface area contributed by atoms with E-state index < -0.39 is 0 Å². The van der Waals surface area contributed by atoms with Gasteiger partial charge in [0, 0.05) is 10.0 Å². The lowest BCUT2D eigenvalue weighted by atomic mass is 10.1. The van der Waals surface area contributed by atoms with E-state index >= 15 is 0 Å². The fourth-order valence-electron chi connectivity index (χ4n) is 2.67. The van der Waals surface area contributed by atoms with Gasteiger partial charge in [0.1, 0.15) is 11.4 Å². The number of aromatic nitrogens is 1. The summed E-state index contributed by atoms with van der Waals surface area (Å²) in [5.74, 6) is -0.162. The van der Waals surface area contributed by atoms with Gasteiger partial charge in [-0.2, -0.15) is 0 Å². The Labute approximate surface area is 142 Å². The Hall–Kier alpha value is -1.92. The highest BCUT2D eigenvalue weighted by molar-refractivity contribution is 9.10. The molecule has 6 heteroatoms. The van der Waals surface area contributed by atoms with E-state index in [1.54, 1.807) is 21.8 Å². The summed E-state index contributed by atoms with van der Waals surface area (Å²) in [7, 11) is 0. The number of ketones is 1. The van der Waals surface area contributed by atoms with Crippen LogP contribution in [0.1, 0.15) is 16.1 Å². The molecule has 0 aliphatic carbocycles. The summed E-state index contributed by atoms with van der Waals surface area (Å²) in [5, 5.41) is 11.2. The molecule has 2 aromatic carbocycles. The molecule has 0 saturated carbocycles. The topological polar surface area (TPSA) is 54.6 Å². The average molecular weight is 420 g/mol. The maximum Gasteiger partial charge on any atom is 0.215 e. The second-order valence-electron chi connectivity index (χ2n) is 4.92. The second kappa shape index (κ2) is 4.79. The van der Waals surface area contributed by atoms with Crippen LogP contribution >= 0.6 is 32.1 Å². The Kier molecular flexibility index (Phi) is 2.99. The number of halogens is 2. The number of carbonyl (C=O) groups is 1. The molecule has 0 bridgehead atoms. The molecule has 4 rings (SSSR count). The van der Waals surface area contributed by atoms with Crippen molar-refractivity contribution in [2.24, 2.45) is 4.99 Å².